The van der Waals surface area contributed by atoms with Crippen molar-refractivity contribution in [3.8, 4) is 6.07 Å². The SMILES string of the molecule is CCCCCc1cc2c(CCCCC/N=C(/NCCOCCOCCOCCOCCOCCOCCOCCOCCOCCOCCC(=O)O)Nc3cccc(C#N)c3)cccc2nc1N. The molecule has 0 fully saturated rings. The highest BCUT2D eigenvalue weighted by atomic mass is 16.6. The Labute approximate surface area is 403 Å². The number of aromatic nitrogens is 1. The van der Waals surface area contributed by atoms with Crippen LogP contribution in [0.3, 0.4) is 0 Å². The lowest BCUT2D eigenvalue weighted by molar-refractivity contribution is -0.138. The Kier molecular flexibility index (Phi) is 34.3. The molecule has 1 aromatic heterocycles. The van der Waals surface area contributed by atoms with Crippen molar-refractivity contribution in [2.45, 2.75) is 64.7 Å². The molecule has 5 N–H and O–H groups in total. The molecule has 18 nitrogen and oxygen atoms in total. The van der Waals surface area contributed by atoms with E-state index in [2.05, 4.69) is 41.8 Å². The summed E-state index contributed by atoms with van der Waals surface area (Å²) in [5.74, 6) is 0.411. The van der Waals surface area contributed by atoms with E-state index in [1.807, 2.05) is 18.2 Å². The van der Waals surface area contributed by atoms with Gasteiger partial charge in [0.15, 0.2) is 5.96 Å². The number of rotatable bonds is 44. The average Bonchev–Trinajstić information content (AvgIpc) is 3.34. The van der Waals surface area contributed by atoms with Gasteiger partial charge in [-0.05, 0) is 73.6 Å². The van der Waals surface area contributed by atoms with Crippen LogP contribution in [0, 0.1) is 11.3 Å². The molecule has 0 unspecified atom stereocenters. The molecule has 3 rings (SSSR count). The fourth-order valence-corrected chi connectivity index (χ4v) is 6.52. The van der Waals surface area contributed by atoms with E-state index in [0.717, 1.165) is 55.3 Å². The molecule has 0 atom stereocenters. The molecule has 0 spiro atoms. The maximum atomic E-state index is 10.4. The van der Waals surface area contributed by atoms with Crippen LogP contribution in [0.2, 0.25) is 0 Å². The number of hydrogen-bond acceptors (Lipinski definition) is 15. The van der Waals surface area contributed by atoms with Crippen LogP contribution in [0.25, 0.3) is 10.9 Å². The highest BCUT2D eigenvalue weighted by Crippen LogP contribution is 2.25. The number of carboxylic acid groups (broad SMARTS) is 1. The smallest absolute Gasteiger partial charge is 0.305 e. The monoisotopic (exact) mass is 955 g/mol. The molecule has 0 aliphatic heterocycles. The second-order valence-corrected chi connectivity index (χ2v) is 15.5. The third kappa shape index (κ3) is 29.4. The van der Waals surface area contributed by atoms with E-state index in [4.69, 9.17) is 68.2 Å². The first kappa shape index (κ1) is 57.8. The summed E-state index contributed by atoms with van der Waals surface area (Å²) >= 11 is 0. The van der Waals surface area contributed by atoms with E-state index in [1.165, 1.54) is 23.8 Å². The summed E-state index contributed by atoms with van der Waals surface area (Å²) in [5.41, 5.74) is 11.1. The number of benzene rings is 2. The standard InChI is InChI=1S/C50H78N6O12/c1-2-3-5-12-44-40-46-43(13-9-15-47(46)56-49(44)52)11-6-4-7-17-53-50(55-45-14-8-10-42(39-45)41-51)54-18-20-60-22-24-62-26-28-64-30-32-66-34-36-68-38-37-67-35-33-65-31-29-63-27-25-61-23-21-59-19-16-48(57)58/h8-10,13-15,39-40H,2-7,11-12,16-38H2,1H3,(H2,52,56)(H,57,58)(H2,53,54,55). The zero-order chi connectivity index (χ0) is 48.4. The van der Waals surface area contributed by atoms with E-state index < -0.39 is 5.97 Å². The second-order valence-electron chi connectivity index (χ2n) is 15.5. The minimum atomic E-state index is -0.879. The summed E-state index contributed by atoms with van der Waals surface area (Å²) in [4.78, 5) is 19.9. The van der Waals surface area contributed by atoms with Crippen molar-refractivity contribution in [1.82, 2.24) is 10.3 Å². The van der Waals surface area contributed by atoms with Gasteiger partial charge in [0, 0.05) is 24.2 Å². The Hall–Kier alpha value is -4.52. The van der Waals surface area contributed by atoms with Crippen molar-refractivity contribution >= 4 is 34.3 Å². The van der Waals surface area contributed by atoms with Crippen LogP contribution < -0.4 is 16.4 Å². The zero-order valence-corrected chi connectivity index (χ0v) is 40.4. The molecule has 380 valence electrons. The average molecular weight is 955 g/mol. The van der Waals surface area contributed by atoms with Gasteiger partial charge in [-0.1, -0.05) is 44.4 Å². The molecule has 0 saturated heterocycles. The van der Waals surface area contributed by atoms with E-state index >= 15 is 0 Å². The molecular formula is C50H78N6O12. The quantitative estimate of drug-likeness (QED) is 0.0297. The van der Waals surface area contributed by atoms with Crippen molar-refractivity contribution in [2.75, 3.05) is 156 Å². The summed E-state index contributed by atoms with van der Waals surface area (Å²) in [6.07, 6.45) is 8.46. The number of anilines is 2. The van der Waals surface area contributed by atoms with E-state index in [9.17, 15) is 10.1 Å². The number of fused-ring (bicyclic) bond motifs is 1. The molecule has 0 aliphatic carbocycles. The molecule has 0 radical (unpaired) electrons. The number of nitrogens with one attached hydrogen (secondary N) is 2. The summed E-state index contributed by atoms with van der Waals surface area (Å²) in [5, 5.41) is 25.8. The van der Waals surface area contributed by atoms with Gasteiger partial charge in [-0.25, -0.2) is 4.98 Å². The summed E-state index contributed by atoms with van der Waals surface area (Å²) < 4.78 is 54.9. The van der Waals surface area contributed by atoms with Crippen LogP contribution >= 0.6 is 0 Å². The molecule has 1 heterocycles. The largest absolute Gasteiger partial charge is 0.481 e. The zero-order valence-electron chi connectivity index (χ0n) is 40.4. The molecule has 68 heavy (non-hydrogen) atoms. The molecule has 0 bridgehead atoms. The predicted molar refractivity (Wildman–Crippen MR) is 262 cm³/mol. The first-order valence-electron chi connectivity index (χ1n) is 24.2. The van der Waals surface area contributed by atoms with E-state index in [0.29, 0.717) is 156 Å². The van der Waals surface area contributed by atoms with Crippen molar-refractivity contribution in [3.63, 3.8) is 0 Å². The number of nitrogens with zero attached hydrogens (tertiary/aromatic N) is 3. The summed E-state index contributed by atoms with van der Waals surface area (Å²) in [6, 6.07) is 18.1. The Morgan fingerprint density at radius 3 is 1.66 bits per heavy atom. The summed E-state index contributed by atoms with van der Waals surface area (Å²) in [6.45, 7) is 12.3. The minimum Gasteiger partial charge on any atom is -0.481 e. The number of carboxylic acids is 1. The number of pyridine rings is 1. The Bertz CT molecular complexity index is 1820. The molecule has 18 heteroatoms. The first-order chi connectivity index (χ1) is 33.5. The molecule has 0 amide bonds. The number of ether oxygens (including phenoxy) is 10. The molecule has 0 saturated carbocycles. The van der Waals surface area contributed by atoms with Gasteiger partial charge < -0.3 is 68.8 Å². The number of nitrogens with two attached hydrogens (primary N) is 1. The van der Waals surface area contributed by atoms with Crippen molar-refractivity contribution in [1.29, 1.82) is 5.26 Å². The van der Waals surface area contributed by atoms with E-state index in [-0.39, 0.29) is 13.0 Å². The van der Waals surface area contributed by atoms with Gasteiger partial charge in [0.05, 0.1) is 156 Å². The van der Waals surface area contributed by atoms with Crippen LogP contribution in [-0.4, -0.2) is 167 Å². The number of aliphatic carboxylic acids is 1. The maximum Gasteiger partial charge on any atom is 0.305 e. The topological polar surface area (TPSA) is 229 Å². The number of aliphatic imine (C=N–C) groups is 1. The highest BCUT2D eigenvalue weighted by Gasteiger charge is 2.09. The van der Waals surface area contributed by atoms with Crippen LogP contribution in [0.15, 0.2) is 53.5 Å². The number of hydrogen-bond donors (Lipinski definition) is 4. The minimum absolute atomic E-state index is 0.00909. The lowest BCUT2D eigenvalue weighted by atomic mass is 9.99. The molecule has 2 aromatic carbocycles. The van der Waals surface area contributed by atoms with Crippen LogP contribution in [0.5, 0.6) is 0 Å². The van der Waals surface area contributed by atoms with E-state index in [1.54, 1.807) is 12.1 Å². The van der Waals surface area contributed by atoms with Gasteiger partial charge in [-0.3, -0.25) is 9.79 Å². The fourth-order valence-electron chi connectivity index (χ4n) is 6.52. The number of guanidine groups is 1. The second kappa shape index (κ2) is 40.4. The van der Waals surface area contributed by atoms with Crippen molar-refractivity contribution in [3.05, 3.63) is 65.2 Å². The van der Waals surface area contributed by atoms with Gasteiger partial charge >= 0.3 is 5.97 Å². The first-order valence-corrected chi connectivity index (χ1v) is 24.2. The number of nitrogen functional groups attached to an aromatic ring is 1. The molecule has 0 aliphatic rings. The van der Waals surface area contributed by atoms with Gasteiger partial charge in [-0.2, -0.15) is 5.26 Å². The maximum absolute atomic E-state index is 10.4. The molecule has 3 aromatic rings. The number of carbonyl (C=O) groups is 1. The predicted octanol–water partition coefficient (Wildman–Crippen LogP) is 5.83. The summed E-state index contributed by atoms with van der Waals surface area (Å²) in [7, 11) is 0. The lowest BCUT2D eigenvalue weighted by Crippen LogP contribution is -2.34. The number of unbranched alkanes of at least 4 members (excludes halogenated alkanes) is 4. The number of nitriles is 1. The van der Waals surface area contributed by atoms with Gasteiger partial charge in [-0.15, -0.1) is 0 Å². The van der Waals surface area contributed by atoms with Crippen LogP contribution in [0.4, 0.5) is 11.5 Å². The Morgan fingerprint density at radius 2 is 1.13 bits per heavy atom. The Morgan fingerprint density at radius 1 is 0.632 bits per heavy atom. The van der Waals surface area contributed by atoms with Crippen LogP contribution in [-0.2, 0) is 65.0 Å². The number of aryl methyl sites for hydroxylation is 2. The fraction of sp³-hybridized carbons (Fsp3) is 0.640. The van der Waals surface area contributed by atoms with Crippen LogP contribution in [0.1, 0.15) is 68.6 Å². The highest BCUT2D eigenvalue weighted by molar-refractivity contribution is 5.93. The van der Waals surface area contributed by atoms with Gasteiger partial charge in [0.25, 0.3) is 0 Å². The third-order valence-corrected chi connectivity index (χ3v) is 10.1. The normalized spacial score (nSPS) is 11.6. The lowest BCUT2D eigenvalue weighted by Gasteiger charge is -2.13. The molecular weight excluding hydrogens is 877 g/mol. The van der Waals surface area contributed by atoms with Crippen molar-refractivity contribution < 1.29 is 57.3 Å². The third-order valence-electron chi connectivity index (χ3n) is 10.1. The Balaban J connectivity index is 1.12. The van der Waals surface area contributed by atoms with Crippen molar-refractivity contribution in [2.24, 2.45) is 4.99 Å². The van der Waals surface area contributed by atoms with Gasteiger partial charge in [0.2, 0.25) is 0 Å². The van der Waals surface area contributed by atoms with Gasteiger partial charge in [0.1, 0.15) is 5.82 Å².